The first-order chi connectivity index (χ1) is 16.7. The van der Waals surface area contributed by atoms with Crippen molar-refractivity contribution >= 4 is 16.9 Å². The number of carbonyl (C=O) groups is 1. The fraction of sp³-hybridized carbons (Fsp3) is 0.556. The first kappa shape index (κ1) is 25.1. The molecule has 2 N–H and O–H groups in total. The second kappa shape index (κ2) is 10.7. The van der Waals surface area contributed by atoms with E-state index >= 15 is 0 Å². The Morgan fingerprint density at radius 3 is 2.80 bits per heavy atom. The van der Waals surface area contributed by atoms with E-state index in [9.17, 15) is 14.7 Å². The zero-order valence-corrected chi connectivity index (χ0v) is 21.0. The van der Waals surface area contributed by atoms with Crippen LogP contribution in [0.1, 0.15) is 63.9 Å². The third kappa shape index (κ3) is 6.17. The molecule has 1 aromatic carbocycles. The molecule has 0 saturated heterocycles. The van der Waals surface area contributed by atoms with Crippen molar-refractivity contribution in [2.24, 2.45) is 18.4 Å². The molecule has 1 aliphatic carbocycles. The van der Waals surface area contributed by atoms with Crippen LogP contribution in [0.4, 0.5) is 0 Å². The van der Waals surface area contributed by atoms with E-state index in [-0.39, 0.29) is 41.9 Å². The Bertz CT molecular complexity index is 1200. The smallest absolute Gasteiger partial charge is 0.264 e. The van der Waals surface area contributed by atoms with E-state index in [2.05, 4.69) is 53.5 Å². The molecule has 2 heterocycles. The van der Waals surface area contributed by atoms with E-state index in [1.807, 2.05) is 6.07 Å². The topological polar surface area (TPSA) is 102 Å². The Kier molecular flexibility index (Phi) is 7.69. The van der Waals surface area contributed by atoms with Crippen molar-refractivity contribution in [1.29, 1.82) is 0 Å². The number of hydrogen-bond donors (Lipinski definition) is 2. The molecule has 4 rings (SSSR count). The number of benzene rings is 1. The molecule has 0 aliphatic heterocycles. The molecule has 8 heteroatoms. The lowest BCUT2D eigenvalue weighted by atomic mass is 9.74. The summed E-state index contributed by atoms with van der Waals surface area (Å²) in [5.74, 6) is 0.610. The van der Waals surface area contributed by atoms with Gasteiger partial charge in [0.05, 0.1) is 18.6 Å². The Morgan fingerprint density at radius 2 is 2.03 bits per heavy atom. The lowest BCUT2D eigenvalue weighted by Crippen LogP contribution is -2.37. The third-order valence-corrected chi connectivity index (χ3v) is 7.49. The number of aryl methyl sites for hydroxylation is 2. The molecule has 0 spiro atoms. The van der Waals surface area contributed by atoms with Crippen LogP contribution in [0, 0.1) is 11.3 Å². The molecule has 0 unspecified atom stereocenters. The molecule has 0 radical (unpaired) electrons. The van der Waals surface area contributed by atoms with Gasteiger partial charge >= 0.3 is 0 Å². The van der Waals surface area contributed by atoms with Gasteiger partial charge in [-0.3, -0.25) is 18.8 Å². The largest absolute Gasteiger partial charge is 0.393 e. The quantitative estimate of drug-likeness (QED) is 0.564. The highest BCUT2D eigenvalue weighted by Gasteiger charge is 2.33. The molecule has 188 valence electrons. The number of aromatic nitrogens is 4. The Balaban J connectivity index is 1.41. The summed E-state index contributed by atoms with van der Waals surface area (Å²) in [4.78, 5) is 29.7. The third-order valence-electron chi connectivity index (χ3n) is 7.49. The lowest BCUT2D eigenvalue weighted by molar-refractivity contribution is -0.121. The maximum Gasteiger partial charge on any atom is 0.264 e. The van der Waals surface area contributed by atoms with Crippen LogP contribution >= 0.6 is 0 Å². The van der Waals surface area contributed by atoms with Gasteiger partial charge < -0.3 is 10.4 Å². The number of nitrogens with zero attached hydrogens (tertiary/aromatic N) is 4. The van der Waals surface area contributed by atoms with Crippen molar-refractivity contribution in [3.8, 4) is 0 Å². The van der Waals surface area contributed by atoms with Crippen molar-refractivity contribution in [2.45, 2.75) is 70.9 Å². The number of nitrogens with one attached hydrogen (secondary N) is 1. The SMILES string of the molecule is C[C@@H]1CC[C@](C)(CNC(=O)CCn2cnc3c(cnn3C)c2=O)C[C@H](c2ccccc2)C[C@@H](O)C1. The molecule has 1 amide bonds. The number of carbonyl (C=O) groups excluding carboxylic acids is 1. The molecule has 1 fully saturated rings. The summed E-state index contributed by atoms with van der Waals surface area (Å²) in [7, 11) is 1.74. The summed E-state index contributed by atoms with van der Waals surface area (Å²) in [6, 6.07) is 10.4. The molecule has 4 atom stereocenters. The minimum atomic E-state index is -0.309. The van der Waals surface area contributed by atoms with E-state index in [4.69, 9.17) is 0 Å². The Hall–Kier alpha value is -3.00. The summed E-state index contributed by atoms with van der Waals surface area (Å²) in [5.41, 5.74) is 1.52. The van der Waals surface area contributed by atoms with E-state index in [0.29, 0.717) is 23.5 Å². The van der Waals surface area contributed by atoms with Crippen molar-refractivity contribution in [2.75, 3.05) is 6.54 Å². The molecule has 1 aliphatic rings. The van der Waals surface area contributed by atoms with Gasteiger partial charge in [0, 0.05) is 26.6 Å². The van der Waals surface area contributed by atoms with E-state index < -0.39 is 0 Å². The molecular weight excluding hydrogens is 442 g/mol. The molecular formula is C27H37N5O3. The number of amides is 1. The molecule has 2 aromatic heterocycles. The van der Waals surface area contributed by atoms with Gasteiger partial charge in [0.2, 0.25) is 5.91 Å². The highest BCUT2D eigenvalue weighted by atomic mass is 16.3. The fourth-order valence-electron chi connectivity index (χ4n) is 5.37. The van der Waals surface area contributed by atoms with Gasteiger partial charge in [0.25, 0.3) is 5.56 Å². The fourth-order valence-corrected chi connectivity index (χ4v) is 5.37. The van der Waals surface area contributed by atoms with Crippen LogP contribution in [-0.4, -0.2) is 43.0 Å². The zero-order valence-electron chi connectivity index (χ0n) is 21.0. The lowest BCUT2D eigenvalue weighted by Gasteiger charge is -2.34. The first-order valence-corrected chi connectivity index (χ1v) is 12.6. The summed E-state index contributed by atoms with van der Waals surface area (Å²) < 4.78 is 3.04. The molecule has 35 heavy (non-hydrogen) atoms. The van der Waals surface area contributed by atoms with Gasteiger partial charge in [-0.05, 0) is 48.5 Å². The number of hydrogen-bond acceptors (Lipinski definition) is 5. The van der Waals surface area contributed by atoms with Crippen LogP contribution in [0.25, 0.3) is 11.0 Å². The molecule has 3 aromatic rings. The van der Waals surface area contributed by atoms with Crippen LogP contribution in [0.3, 0.4) is 0 Å². The summed E-state index contributed by atoms with van der Waals surface area (Å²) >= 11 is 0. The maximum absolute atomic E-state index is 12.8. The van der Waals surface area contributed by atoms with Gasteiger partial charge in [-0.15, -0.1) is 0 Å². The predicted octanol–water partition coefficient (Wildman–Crippen LogP) is 3.39. The normalized spacial score (nSPS) is 25.5. The average molecular weight is 480 g/mol. The second-order valence-electron chi connectivity index (χ2n) is 10.7. The highest BCUT2D eigenvalue weighted by Crippen LogP contribution is 2.41. The van der Waals surface area contributed by atoms with Crippen LogP contribution in [0.5, 0.6) is 0 Å². The molecule has 0 bridgehead atoms. The highest BCUT2D eigenvalue weighted by molar-refractivity contribution is 5.76. The van der Waals surface area contributed by atoms with Gasteiger partial charge in [-0.25, -0.2) is 4.98 Å². The van der Waals surface area contributed by atoms with Crippen LogP contribution in [-0.2, 0) is 18.4 Å². The first-order valence-electron chi connectivity index (χ1n) is 12.6. The van der Waals surface area contributed by atoms with Gasteiger partial charge in [-0.1, -0.05) is 50.6 Å². The monoisotopic (exact) mass is 479 g/mol. The predicted molar refractivity (Wildman–Crippen MR) is 136 cm³/mol. The summed E-state index contributed by atoms with van der Waals surface area (Å²) in [5, 5.41) is 18.4. The van der Waals surface area contributed by atoms with Crippen LogP contribution in [0.2, 0.25) is 0 Å². The molecule has 8 nitrogen and oxygen atoms in total. The minimum Gasteiger partial charge on any atom is -0.393 e. The van der Waals surface area contributed by atoms with Crippen molar-refractivity contribution < 1.29 is 9.90 Å². The second-order valence-corrected chi connectivity index (χ2v) is 10.7. The average Bonchev–Trinajstić information content (AvgIpc) is 3.24. The van der Waals surface area contributed by atoms with Gasteiger partial charge in [0.1, 0.15) is 5.39 Å². The van der Waals surface area contributed by atoms with Crippen LogP contribution < -0.4 is 10.9 Å². The maximum atomic E-state index is 12.8. The van der Waals surface area contributed by atoms with E-state index in [0.717, 1.165) is 32.1 Å². The van der Waals surface area contributed by atoms with Gasteiger partial charge in [0.15, 0.2) is 5.65 Å². The number of fused-ring (bicyclic) bond motifs is 1. The van der Waals surface area contributed by atoms with Crippen LogP contribution in [0.15, 0.2) is 47.7 Å². The van der Waals surface area contributed by atoms with Crippen molar-refractivity contribution in [1.82, 2.24) is 24.6 Å². The Morgan fingerprint density at radius 1 is 1.26 bits per heavy atom. The summed E-state index contributed by atoms with van der Waals surface area (Å²) in [6.07, 6.45) is 7.37. The number of rotatable bonds is 6. The van der Waals surface area contributed by atoms with Crippen molar-refractivity contribution in [3.05, 3.63) is 58.8 Å². The Labute approximate surface area is 206 Å². The summed E-state index contributed by atoms with van der Waals surface area (Å²) in [6.45, 7) is 5.30. The zero-order chi connectivity index (χ0) is 25.0. The van der Waals surface area contributed by atoms with E-state index in [1.165, 1.54) is 22.7 Å². The number of aliphatic hydroxyl groups is 1. The van der Waals surface area contributed by atoms with E-state index in [1.54, 1.807) is 11.7 Å². The minimum absolute atomic E-state index is 0.0753. The van der Waals surface area contributed by atoms with Gasteiger partial charge in [-0.2, -0.15) is 5.10 Å². The number of aliphatic hydroxyl groups excluding tert-OH is 1. The molecule has 1 saturated carbocycles. The standard InChI is InChI=1S/C27H37N5O3/c1-19-9-11-27(2,15-21(14-22(33)13-19)20-7-5-4-6-8-20)17-28-24(34)10-12-32-18-29-25-23(26(32)35)16-30-31(25)3/h4-8,16,18-19,21-22,33H,9-15,17H2,1-3H3,(H,28,34)/t19-,21-,22+,27+/m1/s1. The van der Waals surface area contributed by atoms with Crippen molar-refractivity contribution in [3.63, 3.8) is 0 Å².